The summed E-state index contributed by atoms with van der Waals surface area (Å²) in [5, 5.41) is 20.6. The minimum Gasteiger partial charge on any atom is -0.393 e. The molecule has 20 heavy (non-hydrogen) atoms. The zero-order valence-electron chi connectivity index (χ0n) is 11.4. The highest BCUT2D eigenvalue weighted by Crippen LogP contribution is 2.24. The number of aliphatic hydroxyl groups excluding tert-OH is 1. The molecule has 6 heteroatoms. The number of rotatable bonds is 3. The number of hydrogen-bond donors (Lipinski definition) is 2. The number of carbonyl (C=O) groups excluding carboxylic acids is 1. The normalized spacial score (nSPS) is 22.3. The Hall–Kier alpha value is -1.95. The minimum atomic E-state index is -0.280. The fraction of sp³-hybridized carbons (Fsp3) is 0.500. The number of aromatic nitrogens is 3. The third-order valence-corrected chi connectivity index (χ3v) is 4.02. The molecule has 2 atom stereocenters. The summed E-state index contributed by atoms with van der Waals surface area (Å²) in [6, 6.07) is 5.35. The highest BCUT2D eigenvalue weighted by Gasteiger charge is 2.25. The van der Waals surface area contributed by atoms with Crippen LogP contribution in [0.1, 0.15) is 29.6 Å². The topological polar surface area (TPSA) is 80.0 Å². The van der Waals surface area contributed by atoms with E-state index in [9.17, 15) is 9.90 Å². The first-order valence-electron chi connectivity index (χ1n) is 6.91. The fourth-order valence-electron chi connectivity index (χ4n) is 2.76. The lowest BCUT2D eigenvalue weighted by Crippen LogP contribution is -2.32. The first-order chi connectivity index (χ1) is 9.65. The summed E-state index contributed by atoms with van der Waals surface area (Å²) in [6.07, 6.45) is 2.57. The molecule has 1 amide bonds. The van der Waals surface area contributed by atoms with Gasteiger partial charge in [-0.3, -0.25) is 4.79 Å². The van der Waals surface area contributed by atoms with E-state index in [1.165, 1.54) is 0 Å². The molecule has 2 aromatic rings. The maximum atomic E-state index is 12.1. The van der Waals surface area contributed by atoms with Gasteiger partial charge in [0.1, 0.15) is 5.52 Å². The number of fused-ring (bicyclic) bond motifs is 1. The highest BCUT2D eigenvalue weighted by atomic mass is 16.3. The van der Waals surface area contributed by atoms with Crippen molar-refractivity contribution in [3.05, 3.63) is 23.8 Å². The zero-order valence-corrected chi connectivity index (χ0v) is 11.4. The van der Waals surface area contributed by atoms with Gasteiger partial charge in [-0.1, -0.05) is 11.6 Å². The standard InChI is InChI=1S/C14H18N4O2/c1-18-12-6-5-9(7-11(12)16-17-18)14(20)15-8-10-3-2-4-13(10)19/h5-7,10,13,19H,2-4,8H2,1H3,(H,15,20). The van der Waals surface area contributed by atoms with Crippen molar-refractivity contribution in [1.82, 2.24) is 20.3 Å². The summed E-state index contributed by atoms with van der Waals surface area (Å²) in [5.74, 6) is 0.0517. The molecule has 2 unspecified atom stereocenters. The van der Waals surface area contributed by atoms with E-state index >= 15 is 0 Å². The third kappa shape index (κ3) is 2.38. The number of aryl methyl sites for hydroxylation is 1. The number of nitrogens with zero attached hydrogens (tertiary/aromatic N) is 3. The molecule has 2 N–H and O–H groups in total. The highest BCUT2D eigenvalue weighted by molar-refractivity contribution is 5.97. The van der Waals surface area contributed by atoms with E-state index in [2.05, 4.69) is 15.6 Å². The van der Waals surface area contributed by atoms with E-state index in [0.717, 1.165) is 24.8 Å². The van der Waals surface area contributed by atoms with Crippen LogP contribution in [0.2, 0.25) is 0 Å². The van der Waals surface area contributed by atoms with Crippen molar-refractivity contribution in [1.29, 1.82) is 0 Å². The molecule has 1 aliphatic rings. The average molecular weight is 274 g/mol. The second kappa shape index (κ2) is 5.20. The van der Waals surface area contributed by atoms with Gasteiger partial charge >= 0.3 is 0 Å². The molecular formula is C14H18N4O2. The second-order valence-corrected chi connectivity index (χ2v) is 5.38. The molecule has 1 aromatic carbocycles. The van der Waals surface area contributed by atoms with Crippen molar-refractivity contribution in [3.63, 3.8) is 0 Å². The van der Waals surface area contributed by atoms with Gasteiger partial charge in [-0.25, -0.2) is 4.68 Å². The predicted molar refractivity (Wildman–Crippen MR) is 74.2 cm³/mol. The predicted octanol–water partition coefficient (Wildman–Crippen LogP) is 0.859. The Bertz CT molecular complexity index is 637. The average Bonchev–Trinajstić information content (AvgIpc) is 3.02. The second-order valence-electron chi connectivity index (χ2n) is 5.38. The van der Waals surface area contributed by atoms with Gasteiger partial charge in [0.05, 0.1) is 11.6 Å². The van der Waals surface area contributed by atoms with Crippen molar-refractivity contribution in [3.8, 4) is 0 Å². The third-order valence-electron chi connectivity index (χ3n) is 4.02. The number of hydrogen-bond acceptors (Lipinski definition) is 4. The number of nitrogens with one attached hydrogen (secondary N) is 1. The van der Waals surface area contributed by atoms with Crippen LogP contribution in [0.4, 0.5) is 0 Å². The van der Waals surface area contributed by atoms with Crippen LogP contribution >= 0.6 is 0 Å². The lowest BCUT2D eigenvalue weighted by Gasteiger charge is -2.15. The number of carbonyl (C=O) groups is 1. The van der Waals surface area contributed by atoms with Gasteiger partial charge in [-0.05, 0) is 31.0 Å². The van der Waals surface area contributed by atoms with Gasteiger partial charge < -0.3 is 10.4 Å². The number of aliphatic hydroxyl groups is 1. The number of amides is 1. The zero-order chi connectivity index (χ0) is 14.1. The van der Waals surface area contributed by atoms with Crippen molar-refractivity contribution in [2.75, 3.05) is 6.54 Å². The first kappa shape index (κ1) is 13.1. The molecular weight excluding hydrogens is 256 g/mol. The lowest BCUT2D eigenvalue weighted by atomic mass is 10.1. The van der Waals surface area contributed by atoms with Gasteiger partial charge in [-0.15, -0.1) is 5.10 Å². The Balaban J connectivity index is 1.69. The van der Waals surface area contributed by atoms with Crippen LogP contribution in [-0.4, -0.2) is 38.7 Å². The van der Waals surface area contributed by atoms with E-state index in [-0.39, 0.29) is 17.9 Å². The van der Waals surface area contributed by atoms with Crippen LogP contribution in [-0.2, 0) is 7.05 Å². The van der Waals surface area contributed by atoms with Gasteiger partial charge in [-0.2, -0.15) is 0 Å². The summed E-state index contributed by atoms with van der Waals surface area (Å²) >= 11 is 0. The van der Waals surface area contributed by atoms with Crippen molar-refractivity contribution < 1.29 is 9.90 Å². The van der Waals surface area contributed by atoms with Gasteiger partial charge in [0.15, 0.2) is 0 Å². The quantitative estimate of drug-likeness (QED) is 0.870. The summed E-state index contributed by atoms with van der Waals surface area (Å²) in [4.78, 5) is 12.1. The van der Waals surface area contributed by atoms with E-state index in [4.69, 9.17) is 0 Å². The summed E-state index contributed by atoms with van der Waals surface area (Å²) in [5.41, 5.74) is 2.18. The Morgan fingerprint density at radius 3 is 3.10 bits per heavy atom. The molecule has 0 spiro atoms. The molecule has 1 heterocycles. The van der Waals surface area contributed by atoms with Crippen LogP contribution in [0.15, 0.2) is 18.2 Å². The van der Waals surface area contributed by atoms with E-state index in [0.29, 0.717) is 17.6 Å². The lowest BCUT2D eigenvalue weighted by molar-refractivity contribution is 0.0917. The monoisotopic (exact) mass is 274 g/mol. The van der Waals surface area contributed by atoms with Crippen LogP contribution in [0, 0.1) is 5.92 Å². The molecule has 0 saturated heterocycles. The van der Waals surface area contributed by atoms with Crippen molar-refractivity contribution >= 4 is 16.9 Å². The van der Waals surface area contributed by atoms with Crippen LogP contribution in [0.25, 0.3) is 11.0 Å². The maximum absolute atomic E-state index is 12.1. The Morgan fingerprint density at radius 1 is 1.50 bits per heavy atom. The largest absolute Gasteiger partial charge is 0.393 e. The molecule has 1 saturated carbocycles. The smallest absolute Gasteiger partial charge is 0.251 e. The summed E-state index contributed by atoms with van der Waals surface area (Å²) in [7, 11) is 1.82. The Labute approximate surface area is 116 Å². The molecule has 1 aromatic heterocycles. The van der Waals surface area contributed by atoms with Crippen LogP contribution < -0.4 is 5.32 Å². The minimum absolute atomic E-state index is 0.128. The fourth-order valence-corrected chi connectivity index (χ4v) is 2.76. The van der Waals surface area contributed by atoms with Gasteiger partial charge in [0, 0.05) is 25.1 Å². The molecule has 6 nitrogen and oxygen atoms in total. The molecule has 1 aliphatic carbocycles. The van der Waals surface area contributed by atoms with Gasteiger partial charge in [0.2, 0.25) is 0 Å². The molecule has 0 aliphatic heterocycles. The summed E-state index contributed by atoms with van der Waals surface area (Å²) < 4.78 is 1.67. The molecule has 3 rings (SSSR count). The van der Waals surface area contributed by atoms with Crippen LogP contribution in [0.5, 0.6) is 0 Å². The SMILES string of the molecule is Cn1nnc2cc(C(=O)NCC3CCCC3O)ccc21. The summed E-state index contributed by atoms with van der Waals surface area (Å²) in [6.45, 7) is 0.526. The first-order valence-corrected chi connectivity index (χ1v) is 6.91. The van der Waals surface area contributed by atoms with E-state index < -0.39 is 0 Å². The maximum Gasteiger partial charge on any atom is 0.251 e. The van der Waals surface area contributed by atoms with Crippen LogP contribution in [0.3, 0.4) is 0 Å². The number of benzene rings is 1. The van der Waals surface area contributed by atoms with Crippen molar-refractivity contribution in [2.45, 2.75) is 25.4 Å². The van der Waals surface area contributed by atoms with Gasteiger partial charge in [0.25, 0.3) is 5.91 Å². The molecule has 0 bridgehead atoms. The van der Waals surface area contributed by atoms with Crippen molar-refractivity contribution in [2.24, 2.45) is 13.0 Å². The Morgan fingerprint density at radius 2 is 2.35 bits per heavy atom. The van der Waals surface area contributed by atoms with E-state index in [1.54, 1.807) is 16.8 Å². The van der Waals surface area contributed by atoms with E-state index in [1.807, 2.05) is 13.1 Å². The molecule has 1 fully saturated rings. The molecule has 106 valence electrons. The Kier molecular flexibility index (Phi) is 3.40. The molecule has 0 radical (unpaired) electrons.